The summed E-state index contributed by atoms with van der Waals surface area (Å²) in [6, 6.07) is 8.75. The van der Waals surface area contributed by atoms with Crippen LogP contribution in [0.1, 0.15) is 19.4 Å². The van der Waals surface area contributed by atoms with Gasteiger partial charge in [0, 0.05) is 25.3 Å². The van der Waals surface area contributed by atoms with Gasteiger partial charge in [0.05, 0.1) is 13.2 Å². The molecule has 96 valence electrons. The molecule has 0 atom stereocenters. The highest BCUT2D eigenvalue weighted by molar-refractivity contribution is 5.47. The third-order valence-corrected chi connectivity index (χ3v) is 2.69. The summed E-state index contributed by atoms with van der Waals surface area (Å²) in [7, 11) is 1.97. The predicted molar refractivity (Wildman–Crippen MR) is 73.6 cm³/mol. The second-order valence-electron chi connectivity index (χ2n) is 3.80. The van der Waals surface area contributed by atoms with E-state index in [2.05, 4.69) is 34.5 Å². The van der Waals surface area contributed by atoms with Crippen molar-refractivity contribution in [1.82, 2.24) is 5.32 Å². The fraction of sp³-hybridized carbons (Fsp3) is 0.571. The number of nitrogens with zero attached hydrogens (tertiary/aromatic N) is 1. The summed E-state index contributed by atoms with van der Waals surface area (Å²) >= 11 is 0. The molecule has 0 aromatic heterocycles. The smallest absolute Gasteiger partial charge is 0.0642 e. The SMILES string of the molecule is CC.CNCc1ccc(N2CCOCC2)cc1. The maximum atomic E-state index is 5.33. The lowest BCUT2D eigenvalue weighted by Gasteiger charge is -2.28. The molecule has 2 rings (SSSR count). The van der Waals surface area contributed by atoms with Crippen LogP contribution < -0.4 is 10.2 Å². The van der Waals surface area contributed by atoms with Crippen LogP contribution in [0.5, 0.6) is 0 Å². The molecule has 17 heavy (non-hydrogen) atoms. The second-order valence-corrected chi connectivity index (χ2v) is 3.80. The van der Waals surface area contributed by atoms with E-state index < -0.39 is 0 Å². The minimum atomic E-state index is 0.846. The standard InChI is InChI=1S/C12H18N2O.C2H6/c1-13-10-11-2-4-12(5-3-11)14-6-8-15-9-7-14;1-2/h2-5,13H,6-10H2,1H3;1-2H3. The molecule has 1 aromatic rings. The van der Waals surface area contributed by atoms with Crippen molar-refractivity contribution in [2.24, 2.45) is 0 Å². The van der Waals surface area contributed by atoms with Crippen LogP contribution in [-0.4, -0.2) is 33.4 Å². The Kier molecular flexibility index (Phi) is 6.67. The number of benzene rings is 1. The van der Waals surface area contributed by atoms with Gasteiger partial charge < -0.3 is 15.0 Å². The summed E-state index contributed by atoms with van der Waals surface area (Å²) in [5.74, 6) is 0. The van der Waals surface area contributed by atoms with Gasteiger partial charge in [-0.25, -0.2) is 0 Å². The zero-order valence-corrected chi connectivity index (χ0v) is 11.2. The summed E-state index contributed by atoms with van der Waals surface area (Å²) in [6.07, 6.45) is 0. The highest BCUT2D eigenvalue weighted by Crippen LogP contribution is 2.16. The van der Waals surface area contributed by atoms with Gasteiger partial charge >= 0.3 is 0 Å². The molecular weight excluding hydrogens is 212 g/mol. The number of morpholine rings is 1. The summed E-state index contributed by atoms with van der Waals surface area (Å²) in [6.45, 7) is 8.64. The Morgan fingerprint density at radius 3 is 2.24 bits per heavy atom. The first-order chi connectivity index (χ1) is 8.40. The molecule has 3 nitrogen and oxygen atoms in total. The molecule has 0 bridgehead atoms. The lowest BCUT2D eigenvalue weighted by atomic mass is 10.2. The molecule has 0 aliphatic carbocycles. The molecule has 1 aromatic carbocycles. The minimum Gasteiger partial charge on any atom is -0.378 e. The van der Waals surface area contributed by atoms with Gasteiger partial charge in [0.25, 0.3) is 0 Å². The van der Waals surface area contributed by atoms with Gasteiger partial charge in [0.15, 0.2) is 0 Å². The van der Waals surface area contributed by atoms with Crippen molar-refractivity contribution in [3.63, 3.8) is 0 Å². The van der Waals surface area contributed by atoms with Gasteiger partial charge in [-0.1, -0.05) is 26.0 Å². The maximum Gasteiger partial charge on any atom is 0.0642 e. The highest BCUT2D eigenvalue weighted by atomic mass is 16.5. The van der Waals surface area contributed by atoms with Crippen LogP contribution in [0.4, 0.5) is 5.69 Å². The molecule has 0 saturated carbocycles. The van der Waals surface area contributed by atoms with E-state index >= 15 is 0 Å². The fourth-order valence-electron chi connectivity index (χ4n) is 1.85. The van der Waals surface area contributed by atoms with Crippen molar-refractivity contribution >= 4 is 5.69 Å². The third kappa shape index (κ3) is 4.36. The number of hydrogen-bond acceptors (Lipinski definition) is 3. The number of anilines is 1. The van der Waals surface area contributed by atoms with Crippen LogP contribution in [0, 0.1) is 0 Å². The molecule has 1 heterocycles. The van der Waals surface area contributed by atoms with Crippen LogP contribution in [0.2, 0.25) is 0 Å². The van der Waals surface area contributed by atoms with Crippen molar-refractivity contribution in [1.29, 1.82) is 0 Å². The predicted octanol–water partition coefficient (Wildman–Crippen LogP) is 2.27. The average molecular weight is 236 g/mol. The van der Waals surface area contributed by atoms with Gasteiger partial charge in [-0.2, -0.15) is 0 Å². The first kappa shape index (κ1) is 14.0. The van der Waals surface area contributed by atoms with Crippen LogP contribution in [0.25, 0.3) is 0 Å². The van der Waals surface area contributed by atoms with E-state index in [0.29, 0.717) is 0 Å². The first-order valence-corrected chi connectivity index (χ1v) is 6.46. The Labute approximate surface area is 105 Å². The number of ether oxygens (including phenoxy) is 1. The molecular formula is C14H24N2O. The lowest BCUT2D eigenvalue weighted by molar-refractivity contribution is 0.122. The number of hydrogen-bond donors (Lipinski definition) is 1. The molecule has 1 fully saturated rings. The summed E-state index contributed by atoms with van der Waals surface area (Å²) in [4.78, 5) is 2.37. The second kappa shape index (κ2) is 8.09. The van der Waals surface area contributed by atoms with E-state index in [9.17, 15) is 0 Å². The molecule has 1 aliphatic heterocycles. The quantitative estimate of drug-likeness (QED) is 0.871. The largest absolute Gasteiger partial charge is 0.378 e. The van der Waals surface area contributed by atoms with Crippen LogP contribution in [-0.2, 0) is 11.3 Å². The Morgan fingerprint density at radius 1 is 1.12 bits per heavy atom. The Hall–Kier alpha value is -1.06. The van der Waals surface area contributed by atoms with E-state index in [1.165, 1.54) is 11.3 Å². The van der Waals surface area contributed by atoms with Crippen molar-refractivity contribution in [3.05, 3.63) is 29.8 Å². The molecule has 0 radical (unpaired) electrons. The molecule has 0 spiro atoms. The van der Waals surface area contributed by atoms with E-state index in [1.54, 1.807) is 0 Å². The molecule has 0 amide bonds. The zero-order chi connectivity index (χ0) is 12.5. The van der Waals surface area contributed by atoms with E-state index in [0.717, 1.165) is 32.8 Å². The molecule has 1 N–H and O–H groups in total. The van der Waals surface area contributed by atoms with Gasteiger partial charge in [0.1, 0.15) is 0 Å². The lowest BCUT2D eigenvalue weighted by Crippen LogP contribution is -2.36. The average Bonchev–Trinajstić information content (AvgIpc) is 2.43. The van der Waals surface area contributed by atoms with Crippen molar-refractivity contribution in [3.8, 4) is 0 Å². The Morgan fingerprint density at radius 2 is 1.71 bits per heavy atom. The number of rotatable bonds is 3. The van der Waals surface area contributed by atoms with Crippen molar-refractivity contribution in [2.45, 2.75) is 20.4 Å². The summed E-state index contributed by atoms with van der Waals surface area (Å²) < 4.78 is 5.33. The van der Waals surface area contributed by atoms with Crippen LogP contribution in [0.3, 0.4) is 0 Å². The zero-order valence-electron chi connectivity index (χ0n) is 11.2. The van der Waals surface area contributed by atoms with Crippen LogP contribution in [0.15, 0.2) is 24.3 Å². The normalized spacial score (nSPS) is 15.1. The molecule has 3 heteroatoms. The minimum absolute atomic E-state index is 0.846. The van der Waals surface area contributed by atoms with Gasteiger partial charge in [0.2, 0.25) is 0 Å². The van der Waals surface area contributed by atoms with E-state index in [-0.39, 0.29) is 0 Å². The first-order valence-electron chi connectivity index (χ1n) is 6.46. The Balaban J connectivity index is 0.000000686. The van der Waals surface area contributed by atoms with E-state index in [4.69, 9.17) is 4.74 Å². The summed E-state index contributed by atoms with van der Waals surface area (Å²) in [5, 5.41) is 3.15. The fourth-order valence-corrected chi connectivity index (χ4v) is 1.85. The Bertz CT molecular complexity index is 292. The molecule has 1 aliphatic rings. The van der Waals surface area contributed by atoms with Gasteiger partial charge in [-0.05, 0) is 24.7 Å². The van der Waals surface area contributed by atoms with Crippen molar-refractivity contribution in [2.75, 3.05) is 38.3 Å². The molecule has 0 unspecified atom stereocenters. The number of nitrogens with one attached hydrogen (secondary N) is 1. The van der Waals surface area contributed by atoms with Gasteiger partial charge in [-0.3, -0.25) is 0 Å². The molecule has 1 saturated heterocycles. The van der Waals surface area contributed by atoms with Crippen molar-refractivity contribution < 1.29 is 4.74 Å². The summed E-state index contributed by atoms with van der Waals surface area (Å²) in [5.41, 5.74) is 2.63. The maximum absolute atomic E-state index is 5.33. The van der Waals surface area contributed by atoms with Crippen LogP contribution >= 0.6 is 0 Å². The van der Waals surface area contributed by atoms with Gasteiger partial charge in [-0.15, -0.1) is 0 Å². The highest BCUT2D eigenvalue weighted by Gasteiger charge is 2.10. The third-order valence-electron chi connectivity index (χ3n) is 2.69. The topological polar surface area (TPSA) is 24.5 Å². The van der Waals surface area contributed by atoms with E-state index in [1.807, 2.05) is 20.9 Å². The monoisotopic (exact) mass is 236 g/mol.